The van der Waals surface area contributed by atoms with Crippen LogP contribution in [0.1, 0.15) is 19.8 Å². The number of anilines is 2. The molecule has 1 aromatic heterocycles. The average molecular weight is 408 g/mol. The third-order valence-electron chi connectivity index (χ3n) is 6.00. The second kappa shape index (κ2) is 6.87. The second-order valence-corrected chi connectivity index (χ2v) is 7.69. The molecule has 29 heavy (non-hydrogen) atoms. The van der Waals surface area contributed by atoms with E-state index in [9.17, 15) is 9.59 Å². The Morgan fingerprint density at radius 2 is 2.14 bits per heavy atom. The van der Waals surface area contributed by atoms with Gasteiger partial charge >= 0.3 is 6.16 Å². The zero-order chi connectivity index (χ0) is 20.9. The van der Waals surface area contributed by atoms with Crippen molar-refractivity contribution in [2.24, 2.45) is 5.41 Å². The minimum atomic E-state index is -1.70. The van der Waals surface area contributed by atoms with Crippen LogP contribution in [0.3, 0.4) is 0 Å². The number of halogens is 2. The Labute approximate surface area is 164 Å². The summed E-state index contributed by atoms with van der Waals surface area (Å²) in [6, 6.07) is 0. The molecule has 3 heterocycles. The second-order valence-electron chi connectivity index (χ2n) is 7.69. The topological polar surface area (TPSA) is 110 Å². The molecule has 0 saturated carbocycles. The SMILES string of the molecule is CCn1cc(OC(=O)O)c(=O)c2c(N)c(F)c(N3CCC4(CCNC4)C3)c(F)c21. The van der Waals surface area contributed by atoms with Gasteiger partial charge in [-0.2, -0.15) is 0 Å². The fourth-order valence-corrected chi connectivity index (χ4v) is 4.53. The van der Waals surface area contributed by atoms with Crippen molar-refractivity contribution in [3.8, 4) is 5.75 Å². The van der Waals surface area contributed by atoms with Gasteiger partial charge < -0.3 is 30.4 Å². The number of nitrogens with one attached hydrogen (secondary N) is 1. The highest BCUT2D eigenvalue weighted by molar-refractivity contribution is 5.96. The number of nitrogens with two attached hydrogens (primary N) is 1. The fraction of sp³-hybridized carbons (Fsp3) is 0.474. The first kappa shape index (κ1) is 19.4. The van der Waals surface area contributed by atoms with E-state index >= 15 is 8.78 Å². The van der Waals surface area contributed by atoms with Crippen LogP contribution in [0.25, 0.3) is 10.9 Å². The lowest BCUT2D eigenvalue weighted by atomic mass is 9.86. The molecular weight excluding hydrogens is 386 g/mol. The molecule has 0 radical (unpaired) electrons. The van der Waals surface area contributed by atoms with Gasteiger partial charge in [-0.25, -0.2) is 13.6 Å². The first-order valence-electron chi connectivity index (χ1n) is 9.48. The van der Waals surface area contributed by atoms with Gasteiger partial charge in [0.2, 0.25) is 5.43 Å². The van der Waals surface area contributed by atoms with Gasteiger partial charge in [0, 0.05) is 31.6 Å². The third-order valence-corrected chi connectivity index (χ3v) is 6.00. The normalized spacial score (nSPS) is 21.4. The molecule has 2 aliphatic heterocycles. The van der Waals surface area contributed by atoms with Crippen molar-refractivity contribution in [1.29, 1.82) is 0 Å². The first-order chi connectivity index (χ1) is 13.8. The predicted octanol–water partition coefficient (Wildman–Crippen LogP) is 2.13. The summed E-state index contributed by atoms with van der Waals surface area (Å²) in [7, 11) is 0. The molecule has 0 bridgehead atoms. The highest BCUT2D eigenvalue weighted by Gasteiger charge is 2.42. The van der Waals surface area contributed by atoms with E-state index in [2.05, 4.69) is 10.1 Å². The average Bonchev–Trinajstić information content (AvgIpc) is 3.31. The summed E-state index contributed by atoms with van der Waals surface area (Å²) in [6.07, 6.45) is 1.15. The maximum atomic E-state index is 15.6. The number of aromatic nitrogens is 1. The van der Waals surface area contributed by atoms with Crippen molar-refractivity contribution in [3.63, 3.8) is 0 Å². The number of fused-ring (bicyclic) bond motifs is 1. The zero-order valence-corrected chi connectivity index (χ0v) is 15.9. The number of rotatable bonds is 3. The molecule has 2 aliphatic rings. The van der Waals surface area contributed by atoms with Crippen molar-refractivity contribution in [1.82, 2.24) is 9.88 Å². The largest absolute Gasteiger partial charge is 0.511 e. The number of hydrogen-bond donors (Lipinski definition) is 3. The summed E-state index contributed by atoms with van der Waals surface area (Å²) >= 11 is 0. The van der Waals surface area contributed by atoms with Crippen molar-refractivity contribution in [2.45, 2.75) is 26.3 Å². The van der Waals surface area contributed by atoms with E-state index in [0.29, 0.717) is 13.1 Å². The molecule has 4 rings (SSSR count). The van der Waals surface area contributed by atoms with Crippen molar-refractivity contribution in [3.05, 3.63) is 28.1 Å². The summed E-state index contributed by atoms with van der Waals surface area (Å²) in [6.45, 7) is 4.53. The Morgan fingerprint density at radius 1 is 1.38 bits per heavy atom. The van der Waals surface area contributed by atoms with Crippen LogP contribution in [0.4, 0.5) is 25.0 Å². The van der Waals surface area contributed by atoms with Crippen LogP contribution in [-0.2, 0) is 6.54 Å². The number of benzene rings is 1. The molecule has 4 N–H and O–H groups in total. The van der Waals surface area contributed by atoms with Crippen LogP contribution in [-0.4, -0.2) is 42.0 Å². The van der Waals surface area contributed by atoms with Crippen molar-refractivity contribution >= 4 is 28.4 Å². The van der Waals surface area contributed by atoms with E-state index < -0.39 is 40.0 Å². The minimum absolute atomic E-state index is 0.0216. The third kappa shape index (κ3) is 2.98. The summed E-state index contributed by atoms with van der Waals surface area (Å²) < 4.78 is 36.6. The maximum absolute atomic E-state index is 15.6. The van der Waals surface area contributed by atoms with Crippen LogP contribution in [0.15, 0.2) is 11.0 Å². The summed E-state index contributed by atoms with van der Waals surface area (Å²) in [5.41, 5.74) is 4.03. The smallest absolute Gasteiger partial charge is 0.449 e. The Bertz CT molecular complexity index is 1060. The lowest BCUT2D eigenvalue weighted by Crippen LogP contribution is -2.30. The number of hydrogen-bond acceptors (Lipinski definition) is 6. The highest BCUT2D eigenvalue weighted by Crippen LogP contribution is 2.42. The zero-order valence-electron chi connectivity index (χ0n) is 15.9. The maximum Gasteiger partial charge on any atom is 0.511 e. The van der Waals surface area contributed by atoms with Crippen LogP contribution < -0.4 is 26.1 Å². The standard InChI is InChI=1S/C19H22F2N4O4/c1-2-24-7-10(29-18(27)28)17(26)11-14(22)12(20)16(13(21)15(11)24)25-6-4-19(9-25)3-5-23-8-19/h7,23H,2-6,8-9,22H2,1H3,(H,27,28). The molecule has 2 aromatic rings. The van der Waals surface area contributed by atoms with Crippen LogP contribution in [0.2, 0.25) is 0 Å². The quantitative estimate of drug-likeness (QED) is 0.527. The van der Waals surface area contributed by atoms with Crippen LogP contribution in [0, 0.1) is 17.0 Å². The van der Waals surface area contributed by atoms with Crippen molar-refractivity contribution < 1.29 is 23.4 Å². The number of carbonyl (C=O) groups is 1. The van der Waals surface area contributed by atoms with Crippen molar-refractivity contribution in [2.75, 3.05) is 36.8 Å². The Hall–Kier alpha value is -2.88. The molecule has 1 unspecified atom stereocenters. The number of carboxylic acid groups (broad SMARTS) is 1. The summed E-state index contributed by atoms with van der Waals surface area (Å²) in [5, 5.41) is 11.7. The van der Waals surface area contributed by atoms with E-state index in [1.807, 2.05) is 0 Å². The summed E-state index contributed by atoms with van der Waals surface area (Å²) in [5.74, 6) is -2.44. The first-order valence-corrected chi connectivity index (χ1v) is 9.48. The monoisotopic (exact) mass is 408 g/mol. The van der Waals surface area contributed by atoms with E-state index in [1.54, 1.807) is 11.8 Å². The molecule has 0 aliphatic carbocycles. The van der Waals surface area contributed by atoms with Gasteiger partial charge in [-0.3, -0.25) is 4.79 Å². The summed E-state index contributed by atoms with van der Waals surface area (Å²) in [4.78, 5) is 25.2. The van der Waals surface area contributed by atoms with Gasteiger partial charge in [0.05, 0.1) is 22.8 Å². The Morgan fingerprint density at radius 3 is 2.76 bits per heavy atom. The molecule has 0 amide bonds. The van der Waals surface area contributed by atoms with Gasteiger partial charge in [-0.1, -0.05) is 0 Å². The van der Waals surface area contributed by atoms with Crippen LogP contribution >= 0.6 is 0 Å². The highest BCUT2D eigenvalue weighted by atomic mass is 19.1. The molecule has 1 atom stereocenters. The number of nitrogens with zero attached hydrogens (tertiary/aromatic N) is 2. The number of nitrogen functional groups attached to an aromatic ring is 1. The van der Waals surface area contributed by atoms with Gasteiger partial charge in [-0.15, -0.1) is 0 Å². The molecule has 1 aromatic carbocycles. The lowest BCUT2D eigenvalue weighted by molar-refractivity contribution is 0.144. The lowest BCUT2D eigenvalue weighted by Gasteiger charge is -2.26. The molecule has 2 saturated heterocycles. The molecule has 10 heteroatoms. The van der Waals surface area contributed by atoms with E-state index in [1.165, 1.54) is 4.57 Å². The van der Waals surface area contributed by atoms with Gasteiger partial charge in [0.15, 0.2) is 17.4 Å². The fourth-order valence-electron chi connectivity index (χ4n) is 4.53. The molecule has 156 valence electrons. The van der Waals surface area contributed by atoms with Crippen LogP contribution in [0.5, 0.6) is 5.75 Å². The van der Waals surface area contributed by atoms with Gasteiger partial charge in [-0.05, 0) is 26.3 Å². The predicted molar refractivity (Wildman–Crippen MR) is 104 cm³/mol. The van der Waals surface area contributed by atoms with E-state index in [4.69, 9.17) is 10.8 Å². The number of aryl methyl sites for hydroxylation is 1. The van der Waals surface area contributed by atoms with Gasteiger partial charge in [0.25, 0.3) is 0 Å². The Kier molecular flexibility index (Phi) is 4.60. The molecular formula is C19H22F2N4O4. The van der Waals surface area contributed by atoms with E-state index in [0.717, 1.165) is 32.1 Å². The molecule has 1 spiro atoms. The molecule has 2 fully saturated rings. The number of pyridine rings is 1. The minimum Gasteiger partial charge on any atom is -0.449 e. The molecule has 8 nitrogen and oxygen atoms in total. The van der Waals surface area contributed by atoms with E-state index in [-0.39, 0.29) is 23.2 Å². The number of ether oxygens (including phenoxy) is 1. The van der Waals surface area contributed by atoms with Gasteiger partial charge in [0.1, 0.15) is 5.69 Å². The Balaban J connectivity index is 1.92.